The third-order valence-electron chi connectivity index (χ3n) is 4.00. The summed E-state index contributed by atoms with van der Waals surface area (Å²) in [7, 11) is 0. The number of hydrogen-bond donors (Lipinski definition) is 0. The molecule has 98 valence electrons. The molecule has 2 nitrogen and oxygen atoms in total. The Hall–Kier alpha value is -0.550. The summed E-state index contributed by atoms with van der Waals surface area (Å²) in [6.07, 6.45) is 8.75. The van der Waals surface area contributed by atoms with Crippen LogP contribution in [0.4, 0.5) is 0 Å². The second-order valence-corrected chi connectivity index (χ2v) is 5.63. The molecule has 2 atom stereocenters. The van der Waals surface area contributed by atoms with E-state index in [9.17, 15) is 5.26 Å². The SMILES string of the molecule is CCCCCN(C(C)C)C1CCCCC1C#N. The average Bonchev–Trinajstić information content (AvgIpc) is 2.34. The van der Waals surface area contributed by atoms with Gasteiger partial charge in [0.25, 0.3) is 0 Å². The number of rotatable bonds is 6. The molecule has 1 aliphatic carbocycles. The van der Waals surface area contributed by atoms with Crippen LogP contribution in [-0.4, -0.2) is 23.5 Å². The summed E-state index contributed by atoms with van der Waals surface area (Å²) in [4.78, 5) is 2.59. The minimum Gasteiger partial charge on any atom is -0.297 e. The molecule has 0 amide bonds. The van der Waals surface area contributed by atoms with E-state index in [0.717, 1.165) is 6.42 Å². The number of nitrogens with zero attached hydrogens (tertiary/aromatic N) is 2. The molecule has 2 unspecified atom stereocenters. The average molecular weight is 236 g/mol. The highest BCUT2D eigenvalue weighted by molar-refractivity contribution is 4.96. The topological polar surface area (TPSA) is 27.0 Å². The van der Waals surface area contributed by atoms with Crippen LogP contribution in [0.5, 0.6) is 0 Å². The van der Waals surface area contributed by atoms with Gasteiger partial charge in [-0.15, -0.1) is 0 Å². The van der Waals surface area contributed by atoms with Crippen molar-refractivity contribution in [1.82, 2.24) is 4.90 Å². The second-order valence-electron chi connectivity index (χ2n) is 5.63. The lowest BCUT2D eigenvalue weighted by molar-refractivity contribution is 0.0934. The molecule has 17 heavy (non-hydrogen) atoms. The Balaban J connectivity index is 2.58. The van der Waals surface area contributed by atoms with Gasteiger partial charge in [-0.1, -0.05) is 32.6 Å². The quantitative estimate of drug-likeness (QED) is 0.652. The van der Waals surface area contributed by atoms with E-state index in [0.29, 0.717) is 12.1 Å². The monoisotopic (exact) mass is 236 g/mol. The highest BCUT2D eigenvalue weighted by Gasteiger charge is 2.30. The van der Waals surface area contributed by atoms with Crippen LogP contribution in [0, 0.1) is 17.2 Å². The van der Waals surface area contributed by atoms with Crippen molar-refractivity contribution in [3.63, 3.8) is 0 Å². The van der Waals surface area contributed by atoms with E-state index in [4.69, 9.17) is 0 Å². The van der Waals surface area contributed by atoms with Crippen LogP contribution in [0.1, 0.15) is 65.7 Å². The van der Waals surface area contributed by atoms with Crippen molar-refractivity contribution >= 4 is 0 Å². The molecule has 1 fully saturated rings. The Bertz CT molecular complexity index is 242. The van der Waals surface area contributed by atoms with E-state index in [1.807, 2.05) is 0 Å². The van der Waals surface area contributed by atoms with E-state index in [1.165, 1.54) is 45.1 Å². The molecule has 1 saturated carbocycles. The van der Waals surface area contributed by atoms with Gasteiger partial charge in [-0.2, -0.15) is 5.26 Å². The first-order valence-corrected chi connectivity index (χ1v) is 7.36. The molecule has 2 heteroatoms. The van der Waals surface area contributed by atoms with Crippen LogP contribution in [0.3, 0.4) is 0 Å². The molecular formula is C15H28N2. The number of hydrogen-bond acceptors (Lipinski definition) is 2. The largest absolute Gasteiger partial charge is 0.297 e. The van der Waals surface area contributed by atoms with E-state index in [1.54, 1.807) is 0 Å². The molecule has 0 heterocycles. The third kappa shape index (κ3) is 4.32. The fraction of sp³-hybridized carbons (Fsp3) is 0.933. The molecular weight excluding hydrogens is 208 g/mol. The number of nitriles is 1. The maximum absolute atomic E-state index is 9.29. The predicted molar refractivity (Wildman–Crippen MR) is 72.7 cm³/mol. The Labute approximate surface area is 107 Å². The van der Waals surface area contributed by atoms with Crippen LogP contribution in [-0.2, 0) is 0 Å². The molecule has 0 aliphatic heterocycles. The van der Waals surface area contributed by atoms with Gasteiger partial charge in [-0.05, 0) is 39.7 Å². The van der Waals surface area contributed by atoms with E-state index in [-0.39, 0.29) is 5.92 Å². The third-order valence-corrected chi connectivity index (χ3v) is 4.00. The van der Waals surface area contributed by atoms with Crippen molar-refractivity contribution in [2.24, 2.45) is 5.92 Å². The van der Waals surface area contributed by atoms with E-state index >= 15 is 0 Å². The molecule has 0 saturated heterocycles. The van der Waals surface area contributed by atoms with Crippen LogP contribution in [0.15, 0.2) is 0 Å². The highest BCUT2D eigenvalue weighted by Crippen LogP contribution is 2.29. The van der Waals surface area contributed by atoms with Gasteiger partial charge >= 0.3 is 0 Å². The molecule has 0 spiro atoms. The summed E-state index contributed by atoms with van der Waals surface area (Å²) in [5.41, 5.74) is 0. The Morgan fingerprint density at radius 3 is 2.53 bits per heavy atom. The molecule has 0 bridgehead atoms. The maximum atomic E-state index is 9.29. The smallest absolute Gasteiger partial charge is 0.0672 e. The van der Waals surface area contributed by atoms with E-state index in [2.05, 4.69) is 31.7 Å². The Morgan fingerprint density at radius 1 is 1.24 bits per heavy atom. The first kappa shape index (κ1) is 14.5. The summed E-state index contributed by atoms with van der Waals surface area (Å²) in [6, 6.07) is 3.63. The van der Waals surface area contributed by atoms with Crippen LogP contribution in [0.25, 0.3) is 0 Å². The first-order valence-electron chi connectivity index (χ1n) is 7.36. The normalized spacial score (nSPS) is 25.2. The highest BCUT2D eigenvalue weighted by atomic mass is 15.2. The number of unbranched alkanes of at least 4 members (excludes halogenated alkanes) is 2. The molecule has 1 aliphatic rings. The van der Waals surface area contributed by atoms with Gasteiger partial charge in [-0.3, -0.25) is 4.90 Å². The van der Waals surface area contributed by atoms with Crippen molar-refractivity contribution in [3.05, 3.63) is 0 Å². The molecule has 0 aromatic carbocycles. The maximum Gasteiger partial charge on any atom is 0.0672 e. The second kappa shape index (κ2) is 7.71. The van der Waals surface area contributed by atoms with Gasteiger partial charge in [-0.25, -0.2) is 0 Å². The van der Waals surface area contributed by atoms with Crippen molar-refractivity contribution < 1.29 is 0 Å². The zero-order valence-corrected chi connectivity index (χ0v) is 11.8. The van der Waals surface area contributed by atoms with Crippen molar-refractivity contribution in [2.45, 2.75) is 77.8 Å². The van der Waals surface area contributed by atoms with Crippen LogP contribution in [0.2, 0.25) is 0 Å². The molecule has 0 N–H and O–H groups in total. The van der Waals surface area contributed by atoms with Gasteiger partial charge < -0.3 is 0 Å². The minimum atomic E-state index is 0.271. The van der Waals surface area contributed by atoms with Gasteiger partial charge in [0, 0.05) is 12.1 Å². The molecule has 1 rings (SSSR count). The van der Waals surface area contributed by atoms with Crippen molar-refractivity contribution in [1.29, 1.82) is 5.26 Å². The summed E-state index contributed by atoms with van der Waals surface area (Å²) in [6.45, 7) is 7.97. The Kier molecular flexibility index (Phi) is 6.58. The van der Waals surface area contributed by atoms with Gasteiger partial charge in [0.15, 0.2) is 0 Å². The standard InChI is InChI=1S/C15H28N2/c1-4-5-8-11-17(13(2)3)15-10-7-6-9-14(15)12-16/h13-15H,4-11H2,1-3H3. The first-order chi connectivity index (χ1) is 8.20. The molecule has 0 radical (unpaired) electrons. The zero-order chi connectivity index (χ0) is 12.7. The van der Waals surface area contributed by atoms with Gasteiger partial charge in [0.05, 0.1) is 12.0 Å². The van der Waals surface area contributed by atoms with Gasteiger partial charge in [0.1, 0.15) is 0 Å². The Morgan fingerprint density at radius 2 is 1.94 bits per heavy atom. The predicted octanol–water partition coefficient (Wildman–Crippen LogP) is 3.97. The van der Waals surface area contributed by atoms with Gasteiger partial charge in [0.2, 0.25) is 0 Å². The fourth-order valence-corrected chi connectivity index (χ4v) is 3.01. The lowest BCUT2D eigenvalue weighted by Crippen LogP contribution is -2.46. The zero-order valence-electron chi connectivity index (χ0n) is 11.8. The van der Waals surface area contributed by atoms with E-state index < -0.39 is 0 Å². The fourth-order valence-electron chi connectivity index (χ4n) is 3.01. The molecule has 0 aromatic heterocycles. The lowest BCUT2D eigenvalue weighted by atomic mass is 9.84. The van der Waals surface area contributed by atoms with Crippen LogP contribution < -0.4 is 0 Å². The summed E-state index contributed by atoms with van der Waals surface area (Å²) in [5.74, 6) is 0.271. The van der Waals surface area contributed by atoms with Crippen molar-refractivity contribution in [2.75, 3.05) is 6.54 Å². The van der Waals surface area contributed by atoms with Crippen LogP contribution >= 0.6 is 0 Å². The lowest BCUT2D eigenvalue weighted by Gasteiger charge is -2.40. The summed E-state index contributed by atoms with van der Waals surface area (Å²) in [5, 5.41) is 9.29. The minimum absolute atomic E-state index is 0.271. The molecule has 0 aromatic rings. The van der Waals surface area contributed by atoms with Crippen molar-refractivity contribution in [3.8, 4) is 6.07 Å². The summed E-state index contributed by atoms with van der Waals surface area (Å²) >= 11 is 0. The summed E-state index contributed by atoms with van der Waals surface area (Å²) < 4.78 is 0.